The van der Waals surface area contributed by atoms with E-state index in [1.54, 1.807) is 24.3 Å². The van der Waals surface area contributed by atoms with Gasteiger partial charge in [-0.3, -0.25) is 9.69 Å². The Morgan fingerprint density at radius 1 is 1.22 bits per heavy atom. The lowest BCUT2D eigenvalue weighted by atomic mass is 10.0. The van der Waals surface area contributed by atoms with Crippen molar-refractivity contribution in [3.8, 4) is 0 Å². The lowest BCUT2D eigenvalue weighted by Crippen LogP contribution is -2.42. The lowest BCUT2D eigenvalue weighted by Gasteiger charge is -2.34. The number of hydrogen-bond donors (Lipinski definition) is 1. The quantitative estimate of drug-likeness (QED) is 0.643. The second-order valence-electron chi connectivity index (χ2n) is 5.55. The van der Waals surface area contributed by atoms with Gasteiger partial charge < -0.3 is 5.73 Å². The summed E-state index contributed by atoms with van der Waals surface area (Å²) in [5.41, 5.74) is 7.15. The predicted octanol–water partition coefficient (Wildman–Crippen LogP) is 2.96. The molecule has 0 aromatic heterocycles. The van der Waals surface area contributed by atoms with Gasteiger partial charge in [0.15, 0.2) is 5.78 Å². The minimum Gasteiger partial charge on any atom is -0.399 e. The summed E-state index contributed by atoms with van der Waals surface area (Å²) in [5.74, 6) is 0.178. The summed E-state index contributed by atoms with van der Waals surface area (Å²) in [6.07, 6.45) is 0.551. The number of rotatable bonds is 5. The van der Waals surface area contributed by atoms with Crippen molar-refractivity contribution in [3.05, 3.63) is 29.8 Å². The average molecular weight is 248 g/mol. The Morgan fingerprint density at radius 2 is 1.78 bits per heavy atom. The van der Waals surface area contributed by atoms with Gasteiger partial charge in [0.05, 0.1) is 0 Å². The molecule has 0 aliphatic rings. The van der Waals surface area contributed by atoms with Gasteiger partial charge in [0.25, 0.3) is 0 Å². The summed E-state index contributed by atoms with van der Waals surface area (Å²) < 4.78 is 0. The third-order valence-corrected chi connectivity index (χ3v) is 3.17. The Labute approximate surface area is 110 Å². The first-order valence-corrected chi connectivity index (χ1v) is 6.48. The summed E-state index contributed by atoms with van der Waals surface area (Å²) in [4.78, 5) is 14.3. The number of carbonyl (C=O) groups is 1. The van der Waals surface area contributed by atoms with Gasteiger partial charge in [-0.25, -0.2) is 0 Å². The van der Waals surface area contributed by atoms with Crippen LogP contribution >= 0.6 is 0 Å². The third-order valence-electron chi connectivity index (χ3n) is 3.17. The fraction of sp³-hybridized carbons (Fsp3) is 0.533. The van der Waals surface area contributed by atoms with E-state index in [0.29, 0.717) is 12.1 Å². The molecule has 100 valence electrons. The molecule has 0 aliphatic heterocycles. The van der Waals surface area contributed by atoms with Gasteiger partial charge in [-0.05, 0) is 51.6 Å². The first-order chi connectivity index (χ1) is 8.34. The van der Waals surface area contributed by atoms with Gasteiger partial charge in [-0.1, -0.05) is 6.92 Å². The zero-order chi connectivity index (χ0) is 13.8. The molecule has 2 N–H and O–H groups in total. The van der Waals surface area contributed by atoms with Crippen LogP contribution in [0.2, 0.25) is 0 Å². The summed E-state index contributed by atoms with van der Waals surface area (Å²) in [6, 6.07) is 7.14. The number of nitrogen functional groups attached to an aromatic ring is 1. The summed E-state index contributed by atoms with van der Waals surface area (Å²) in [5, 5.41) is 0. The number of carbonyl (C=O) groups excluding carboxylic acids is 1. The number of nitrogens with zero attached hydrogens (tertiary/aromatic N) is 1. The predicted molar refractivity (Wildman–Crippen MR) is 76.8 cm³/mol. The van der Waals surface area contributed by atoms with Crippen molar-refractivity contribution < 1.29 is 4.79 Å². The Hall–Kier alpha value is -1.35. The van der Waals surface area contributed by atoms with Gasteiger partial charge >= 0.3 is 0 Å². The summed E-state index contributed by atoms with van der Waals surface area (Å²) in [6.45, 7) is 10.4. The molecule has 0 fully saturated rings. The topological polar surface area (TPSA) is 46.3 Å². The maximum atomic E-state index is 12.0. The van der Waals surface area contributed by atoms with Crippen LogP contribution in [-0.2, 0) is 0 Å². The van der Waals surface area contributed by atoms with Crippen molar-refractivity contribution in [3.63, 3.8) is 0 Å². The first-order valence-electron chi connectivity index (χ1n) is 6.48. The highest BCUT2D eigenvalue weighted by Gasteiger charge is 2.20. The minimum absolute atomic E-state index is 0.107. The Morgan fingerprint density at radius 3 is 2.22 bits per heavy atom. The van der Waals surface area contributed by atoms with Crippen LogP contribution in [0.4, 0.5) is 5.69 Å². The number of hydrogen-bond acceptors (Lipinski definition) is 3. The monoisotopic (exact) mass is 248 g/mol. The van der Waals surface area contributed by atoms with Gasteiger partial charge in [-0.2, -0.15) is 0 Å². The fourth-order valence-corrected chi connectivity index (χ4v) is 2.02. The molecular weight excluding hydrogens is 224 g/mol. The van der Waals surface area contributed by atoms with Gasteiger partial charge in [0, 0.05) is 29.8 Å². The molecule has 1 aromatic rings. The number of Topliss-reactive ketones (excluding diaryl/α,β-unsaturated/α-hetero) is 1. The Bertz CT molecular complexity index is 390. The third kappa shape index (κ3) is 4.15. The number of ketones is 1. The van der Waals surface area contributed by atoms with E-state index >= 15 is 0 Å². The van der Waals surface area contributed by atoms with Crippen molar-refractivity contribution in [1.29, 1.82) is 0 Å². The largest absolute Gasteiger partial charge is 0.399 e. The van der Waals surface area contributed by atoms with Crippen LogP contribution in [0.3, 0.4) is 0 Å². The standard InChI is InChI=1S/C15H24N2O/c1-5-17(15(2,3)4)11-10-14(18)12-6-8-13(16)9-7-12/h6-9H,5,10-11,16H2,1-4H3. The second-order valence-corrected chi connectivity index (χ2v) is 5.55. The van der Waals surface area contributed by atoms with E-state index in [2.05, 4.69) is 32.6 Å². The van der Waals surface area contributed by atoms with Crippen molar-refractivity contribution >= 4 is 11.5 Å². The van der Waals surface area contributed by atoms with Crippen LogP contribution in [0.15, 0.2) is 24.3 Å². The van der Waals surface area contributed by atoms with E-state index in [1.165, 1.54) is 0 Å². The maximum Gasteiger partial charge on any atom is 0.164 e. The molecule has 0 unspecified atom stereocenters. The molecule has 0 aliphatic carbocycles. The molecule has 0 atom stereocenters. The lowest BCUT2D eigenvalue weighted by molar-refractivity contribution is 0.0921. The van der Waals surface area contributed by atoms with E-state index in [0.717, 1.165) is 18.7 Å². The van der Waals surface area contributed by atoms with Crippen molar-refractivity contribution in [2.24, 2.45) is 0 Å². The van der Waals surface area contributed by atoms with Crippen molar-refractivity contribution in [1.82, 2.24) is 4.90 Å². The first kappa shape index (κ1) is 14.7. The SMILES string of the molecule is CCN(CCC(=O)c1ccc(N)cc1)C(C)(C)C. The molecule has 0 radical (unpaired) electrons. The minimum atomic E-state index is 0.107. The smallest absolute Gasteiger partial charge is 0.164 e. The van der Waals surface area contributed by atoms with Crippen molar-refractivity contribution in [2.45, 2.75) is 39.7 Å². The molecule has 18 heavy (non-hydrogen) atoms. The van der Waals surface area contributed by atoms with Gasteiger partial charge in [0.2, 0.25) is 0 Å². The number of anilines is 1. The molecule has 1 aromatic carbocycles. The Kier molecular flexibility index (Phi) is 4.91. The fourth-order valence-electron chi connectivity index (χ4n) is 2.02. The molecule has 1 rings (SSSR count). The molecule has 0 saturated carbocycles. The van der Waals surface area contributed by atoms with E-state index in [4.69, 9.17) is 5.73 Å². The molecule has 0 heterocycles. The van der Waals surface area contributed by atoms with Crippen LogP contribution in [0, 0.1) is 0 Å². The van der Waals surface area contributed by atoms with Crippen LogP contribution in [-0.4, -0.2) is 29.3 Å². The molecule has 0 bridgehead atoms. The van der Waals surface area contributed by atoms with Crippen molar-refractivity contribution in [2.75, 3.05) is 18.8 Å². The van der Waals surface area contributed by atoms with E-state index in [9.17, 15) is 4.79 Å². The molecule has 3 heteroatoms. The normalized spacial score (nSPS) is 11.8. The average Bonchev–Trinajstić information content (AvgIpc) is 2.28. The zero-order valence-corrected chi connectivity index (χ0v) is 11.9. The zero-order valence-electron chi connectivity index (χ0n) is 11.9. The molecular formula is C15H24N2O. The number of nitrogens with two attached hydrogens (primary N) is 1. The Balaban J connectivity index is 2.58. The van der Waals surface area contributed by atoms with Crippen LogP contribution in [0.1, 0.15) is 44.5 Å². The molecule has 0 amide bonds. The molecule has 0 saturated heterocycles. The number of benzene rings is 1. The molecule has 3 nitrogen and oxygen atoms in total. The summed E-state index contributed by atoms with van der Waals surface area (Å²) >= 11 is 0. The van der Waals surface area contributed by atoms with Gasteiger partial charge in [-0.15, -0.1) is 0 Å². The highest BCUT2D eigenvalue weighted by molar-refractivity contribution is 5.96. The van der Waals surface area contributed by atoms with Gasteiger partial charge in [0.1, 0.15) is 0 Å². The van der Waals surface area contributed by atoms with Crippen LogP contribution in [0.25, 0.3) is 0 Å². The van der Waals surface area contributed by atoms with Crippen LogP contribution < -0.4 is 5.73 Å². The van der Waals surface area contributed by atoms with E-state index in [1.807, 2.05) is 0 Å². The summed E-state index contributed by atoms with van der Waals surface area (Å²) in [7, 11) is 0. The maximum absolute atomic E-state index is 12.0. The van der Waals surface area contributed by atoms with Crippen LogP contribution in [0.5, 0.6) is 0 Å². The highest BCUT2D eigenvalue weighted by atomic mass is 16.1. The van der Waals surface area contributed by atoms with E-state index in [-0.39, 0.29) is 11.3 Å². The highest BCUT2D eigenvalue weighted by Crippen LogP contribution is 2.14. The second kappa shape index (κ2) is 6.01. The molecule has 0 spiro atoms. The van der Waals surface area contributed by atoms with E-state index < -0.39 is 0 Å².